The second kappa shape index (κ2) is 4.37. The van der Waals surface area contributed by atoms with Gasteiger partial charge in [0.2, 0.25) is 5.91 Å². The van der Waals surface area contributed by atoms with Crippen LogP contribution in [0.3, 0.4) is 0 Å². The Morgan fingerprint density at radius 2 is 2.00 bits per heavy atom. The number of amides is 1. The van der Waals surface area contributed by atoms with Crippen LogP contribution in [-0.4, -0.2) is 36.5 Å². The molecule has 3 heteroatoms. The first-order valence-electron chi connectivity index (χ1n) is 7.27. The van der Waals surface area contributed by atoms with Gasteiger partial charge >= 0.3 is 0 Å². The normalized spacial score (nSPS) is 37.2. The van der Waals surface area contributed by atoms with Gasteiger partial charge in [-0.2, -0.15) is 0 Å². The van der Waals surface area contributed by atoms with Crippen molar-refractivity contribution in [2.24, 2.45) is 17.8 Å². The van der Waals surface area contributed by atoms with Crippen molar-refractivity contribution in [3.8, 4) is 0 Å². The van der Waals surface area contributed by atoms with Gasteiger partial charge in [-0.05, 0) is 51.5 Å². The molecule has 3 rings (SSSR count). The molecule has 0 spiro atoms. The van der Waals surface area contributed by atoms with Gasteiger partial charge in [-0.3, -0.25) is 4.79 Å². The van der Waals surface area contributed by atoms with E-state index in [-0.39, 0.29) is 5.54 Å². The average Bonchev–Trinajstić information content (AvgIpc) is 3.01. The molecule has 1 saturated heterocycles. The van der Waals surface area contributed by atoms with E-state index < -0.39 is 0 Å². The molecule has 1 saturated carbocycles. The Morgan fingerprint density at radius 3 is 2.50 bits per heavy atom. The van der Waals surface area contributed by atoms with Gasteiger partial charge in [0.15, 0.2) is 0 Å². The summed E-state index contributed by atoms with van der Waals surface area (Å²) in [4.78, 5) is 14.7. The predicted molar refractivity (Wildman–Crippen MR) is 72.1 cm³/mol. The number of hydrogen-bond acceptors (Lipinski definition) is 2. The first-order valence-corrected chi connectivity index (χ1v) is 7.27. The minimum absolute atomic E-state index is 0.228. The zero-order chi connectivity index (χ0) is 12.8. The van der Waals surface area contributed by atoms with Crippen LogP contribution >= 0.6 is 0 Å². The molecule has 2 aliphatic carbocycles. The quantitative estimate of drug-likeness (QED) is 0.756. The first-order chi connectivity index (χ1) is 8.61. The van der Waals surface area contributed by atoms with Crippen LogP contribution < -0.4 is 5.32 Å². The molecule has 0 aromatic rings. The highest BCUT2D eigenvalue weighted by atomic mass is 16.2. The Kier molecular flexibility index (Phi) is 2.97. The smallest absolute Gasteiger partial charge is 0.226 e. The lowest BCUT2D eigenvalue weighted by Gasteiger charge is -2.40. The maximum absolute atomic E-state index is 12.6. The molecule has 3 unspecified atom stereocenters. The Bertz CT molecular complexity index is 369. The topological polar surface area (TPSA) is 32.3 Å². The zero-order valence-corrected chi connectivity index (χ0v) is 11.5. The number of fused-ring (bicyclic) bond motifs is 2. The maximum Gasteiger partial charge on any atom is 0.226 e. The summed E-state index contributed by atoms with van der Waals surface area (Å²) in [7, 11) is 2.03. The lowest BCUT2D eigenvalue weighted by Crippen LogP contribution is -2.52. The van der Waals surface area contributed by atoms with Crippen LogP contribution in [0.2, 0.25) is 0 Å². The number of carbonyl (C=O) groups excluding carboxylic acids is 1. The van der Waals surface area contributed by atoms with E-state index >= 15 is 0 Å². The van der Waals surface area contributed by atoms with Gasteiger partial charge in [-0.15, -0.1) is 0 Å². The summed E-state index contributed by atoms with van der Waals surface area (Å²) in [5, 5.41) is 3.39. The van der Waals surface area contributed by atoms with Crippen LogP contribution in [-0.2, 0) is 4.79 Å². The molecule has 1 aliphatic heterocycles. The van der Waals surface area contributed by atoms with Crippen molar-refractivity contribution in [2.75, 3.05) is 20.1 Å². The van der Waals surface area contributed by atoms with Gasteiger partial charge in [0, 0.05) is 24.5 Å². The van der Waals surface area contributed by atoms with Crippen LogP contribution in [0.25, 0.3) is 0 Å². The van der Waals surface area contributed by atoms with Gasteiger partial charge < -0.3 is 10.2 Å². The fraction of sp³-hybridized carbons (Fsp3) is 0.800. The second-order valence-electron chi connectivity index (χ2n) is 6.52. The highest BCUT2D eigenvalue weighted by molar-refractivity contribution is 5.80. The third-order valence-corrected chi connectivity index (χ3v) is 5.38. The number of nitrogens with one attached hydrogen (secondary N) is 1. The lowest BCUT2D eigenvalue weighted by molar-refractivity contribution is -0.138. The molecule has 18 heavy (non-hydrogen) atoms. The summed E-state index contributed by atoms with van der Waals surface area (Å²) in [6.07, 6.45) is 9.05. The molecule has 1 heterocycles. The summed E-state index contributed by atoms with van der Waals surface area (Å²) in [6, 6.07) is 0. The van der Waals surface area contributed by atoms with Crippen LogP contribution in [0.1, 0.15) is 32.6 Å². The minimum atomic E-state index is 0.228. The third-order valence-electron chi connectivity index (χ3n) is 5.38. The van der Waals surface area contributed by atoms with Gasteiger partial charge in [-0.1, -0.05) is 12.2 Å². The van der Waals surface area contributed by atoms with E-state index in [1.165, 1.54) is 6.42 Å². The van der Waals surface area contributed by atoms with E-state index in [0.29, 0.717) is 23.7 Å². The van der Waals surface area contributed by atoms with E-state index in [1.807, 2.05) is 7.05 Å². The number of piperidine rings is 1. The molecule has 1 amide bonds. The molecule has 2 fully saturated rings. The largest absolute Gasteiger partial charge is 0.342 e. The van der Waals surface area contributed by atoms with Crippen LogP contribution in [0.15, 0.2) is 12.2 Å². The van der Waals surface area contributed by atoms with Crippen molar-refractivity contribution in [2.45, 2.75) is 38.1 Å². The summed E-state index contributed by atoms with van der Waals surface area (Å²) in [6.45, 7) is 4.11. The lowest BCUT2D eigenvalue weighted by atomic mass is 9.87. The number of hydrogen-bond donors (Lipinski definition) is 1. The van der Waals surface area contributed by atoms with Gasteiger partial charge in [0.25, 0.3) is 0 Å². The van der Waals surface area contributed by atoms with E-state index in [9.17, 15) is 4.79 Å². The van der Waals surface area contributed by atoms with E-state index in [4.69, 9.17) is 0 Å². The second-order valence-corrected chi connectivity index (χ2v) is 6.52. The molecule has 100 valence electrons. The molecule has 2 bridgehead atoms. The first kappa shape index (κ1) is 12.2. The fourth-order valence-electron chi connectivity index (χ4n) is 3.77. The van der Waals surface area contributed by atoms with Crippen molar-refractivity contribution < 1.29 is 4.79 Å². The van der Waals surface area contributed by atoms with E-state index in [1.54, 1.807) is 0 Å². The molecule has 3 atom stereocenters. The summed E-state index contributed by atoms with van der Waals surface area (Å²) in [5.74, 6) is 1.94. The maximum atomic E-state index is 12.6. The average molecular weight is 248 g/mol. The molecule has 1 N–H and O–H groups in total. The van der Waals surface area contributed by atoms with Gasteiger partial charge in [0.05, 0.1) is 0 Å². The molecular weight excluding hydrogens is 224 g/mol. The van der Waals surface area contributed by atoms with Crippen molar-refractivity contribution >= 4 is 5.91 Å². The van der Waals surface area contributed by atoms with E-state index in [2.05, 4.69) is 29.3 Å². The van der Waals surface area contributed by atoms with Gasteiger partial charge in [0.1, 0.15) is 0 Å². The zero-order valence-electron chi connectivity index (χ0n) is 11.5. The van der Waals surface area contributed by atoms with Gasteiger partial charge in [-0.25, -0.2) is 0 Å². The molecule has 0 aromatic heterocycles. The summed E-state index contributed by atoms with van der Waals surface area (Å²) < 4.78 is 0. The van der Waals surface area contributed by atoms with Crippen LogP contribution in [0, 0.1) is 17.8 Å². The fourth-order valence-corrected chi connectivity index (χ4v) is 3.77. The van der Waals surface area contributed by atoms with Crippen molar-refractivity contribution in [1.82, 2.24) is 10.2 Å². The summed E-state index contributed by atoms with van der Waals surface area (Å²) >= 11 is 0. The van der Waals surface area contributed by atoms with Crippen molar-refractivity contribution in [1.29, 1.82) is 0 Å². The molecule has 0 aromatic carbocycles. The Hall–Kier alpha value is -0.830. The third kappa shape index (κ3) is 1.99. The van der Waals surface area contributed by atoms with Crippen molar-refractivity contribution in [3.63, 3.8) is 0 Å². The molecule has 0 radical (unpaired) electrons. The number of likely N-dealkylation sites (tertiary alicyclic amines) is 1. The minimum Gasteiger partial charge on any atom is -0.342 e. The highest BCUT2D eigenvalue weighted by Gasteiger charge is 2.42. The predicted octanol–water partition coefficient (Wildman–Crippen LogP) is 1.80. The Labute approximate surface area is 110 Å². The molecule has 3 aliphatic rings. The number of carbonyl (C=O) groups is 1. The molecular formula is C15H24N2O. The SMILES string of the molecule is CNC1(C)CCN(C(=O)C2CC3C=CC2C3)CC1. The van der Waals surface area contributed by atoms with E-state index in [0.717, 1.165) is 32.4 Å². The number of allylic oxidation sites excluding steroid dienone is 2. The highest BCUT2D eigenvalue weighted by Crippen LogP contribution is 2.44. The summed E-state index contributed by atoms with van der Waals surface area (Å²) in [5.41, 5.74) is 0.228. The van der Waals surface area contributed by atoms with Crippen LogP contribution in [0.4, 0.5) is 0 Å². The standard InChI is InChI=1S/C15H24N2O/c1-15(16-2)5-7-17(8-6-15)14(18)13-10-11-3-4-12(13)9-11/h3-4,11-13,16H,5-10H2,1-2H3. The molecule has 3 nitrogen and oxygen atoms in total. The van der Waals surface area contributed by atoms with Crippen LogP contribution in [0.5, 0.6) is 0 Å². The van der Waals surface area contributed by atoms with Crippen molar-refractivity contribution in [3.05, 3.63) is 12.2 Å². The Morgan fingerprint density at radius 1 is 1.28 bits per heavy atom. The number of nitrogens with zero attached hydrogens (tertiary/aromatic N) is 1. The Balaban J connectivity index is 1.60. The number of rotatable bonds is 2. The monoisotopic (exact) mass is 248 g/mol.